The fourth-order valence-corrected chi connectivity index (χ4v) is 2.87. The standard InChI is InChI=1S/C15H18BrN3O2/c1-10(15-17-3-4-18-15)19-9-11-7-12(16)14-13(8-11)20-5-2-6-21-14/h3-4,7-8,10,19H,2,5-6,9H2,1H3,(H,17,18). The van der Waals surface area contributed by atoms with E-state index in [1.54, 1.807) is 6.20 Å². The molecule has 2 heterocycles. The summed E-state index contributed by atoms with van der Waals surface area (Å²) in [6, 6.07) is 4.26. The topological polar surface area (TPSA) is 59.2 Å². The second-order valence-electron chi connectivity index (χ2n) is 5.03. The van der Waals surface area contributed by atoms with Crippen molar-refractivity contribution >= 4 is 15.9 Å². The summed E-state index contributed by atoms with van der Waals surface area (Å²) in [7, 11) is 0. The van der Waals surface area contributed by atoms with Gasteiger partial charge in [0.15, 0.2) is 11.5 Å². The van der Waals surface area contributed by atoms with Gasteiger partial charge in [-0.25, -0.2) is 4.98 Å². The summed E-state index contributed by atoms with van der Waals surface area (Å²) in [5, 5.41) is 3.44. The normalized spacial score (nSPS) is 15.5. The van der Waals surface area contributed by atoms with Crippen LogP contribution in [-0.2, 0) is 6.54 Å². The molecule has 0 aliphatic carbocycles. The first-order chi connectivity index (χ1) is 10.2. The number of nitrogens with zero attached hydrogens (tertiary/aromatic N) is 1. The van der Waals surface area contributed by atoms with E-state index < -0.39 is 0 Å². The Morgan fingerprint density at radius 2 is 2.24 bits per heavy atom. The number of hydrogen-bond donors (Lipinski definition) is 2. The fourth-order valence-electron chi connectivity index (χ4n) is 2.27. The number of ether oxygens (including phenoxy) is 2. The van der Waals surface area contributed by atoms with E-state index in [-0.39, 0.29) is 6.04 Å². The Bertz CT molecular complexity index is 601. The summed E-state index contributed by atoms with van der Waals surface area (Å²) in [5.41, 5.74) is 1.14. The predicted octanol–water partition coefficient (Wildman–Crippen LogP) is 3.18. The highest BCUT2D eigenvalue weighted by Crippen LogP contribution is 2.38. The molecular weight excluding hydrogens is 334 g/mol. The van der Waals surface area contributed by atoms with Gasteiger partial charge in [-0.2, -0.15) is 0 Å². The van der Waals surface area contributed by atoms with Crippen LogP contribution in [0.3, 0.4) is 0 Å². The summed E-state index contributed by atoms with van der Waals surface area (Å²) >= 11 is 3.56. The summed E-state index contributed by atoms with van der Waals surface area (Å²) in [6.07, 6.45) is 4.50. The predicted molar refractivity (Wildman–Crippen MR) is 83.6 cm³/mol. The van der Waals surface area contributed by atoms with E-state index in [2.05, 4.69) is 44.2 Å². The molecule has 0 fully saturated rings. The lowest BCUT2D eigenvalue weighted by molar-refractivity contribution is 0.296. The molecule has 21 heavy (non-hydrogen) atoms. The van der Waals surface area contributed by atoms with Gasteiger partial charge in [0.1, 0.15) is 5.82 Å². The van der Waals surface area contributed by atoms with Crippen molar-refractivity contribution in [2.24, 2.45) is 0 Å². The highest BCUT2D eigenvalue weighted by Gasteiger charge is 2.16. The molecule has 1 atom stereocenters. The van der Waals surface area contributed by atoms with Crippen molar-refractivity contribution in [1.29, 1.82) is 0 Å². The molecule has 5 nitrogen and oxygen atoms in total. The minimum absolute atomic E-state index is 0.162. The number of halogens is 1. The Morgan fingerprint density at radius 3 is 3.05 bits per heavy atom. The van der Waals surface area contributed by atoms with Crippen molar-refractivity contribution < 1.29 is 9.47 Å². The van der Waals surface area contributed by atoms with Crippen LogP contribution in [0.4, 0.5) is 0 Å². The fraction of sp³-hybridized carbons (Fsp3) is 0.400. The third-order valence-corrected chi connectivity index (χ3v) is 3.99. The molecule has 2 N–H and O–H groups in total. The van der Waals surface area contributed by atoms with Crippen LogP contribution >= 0.6 is 15.9 Å². The zero-order valence-electron chi connectivity index (χ0n) is 11.9. The molecule has 1 unspecified atom stereocenters. The van der Waals surface area contributed by atoms with Crippen molar-refractivity contribution in [3.05, 3.63) is 40.4 Å². The lowest BCUT2D eigenvalue weighted by atomic mass is 10.2. The second kappa shape index (κ2) is 6.49. The number of aromatic nitrogens is 2. The lowest BCUT2D eigenvalue weighted by Gasteiger charge is -2.14. The molecule has 0 spiro atoms. The average molecular weight is 352 g/mol. The van der Waals surface area contributed by atoms with Gasteiger partial charge >= 0.3 is 0 Å². The number of H-pyrrole nitrogens is 1. The molecule has 0 bridgehead atoms. The third kappa shape index (κ3) is 3.39. The minimum atomic E-state index is 0.162. The van der Waals surface area contributed by atoms with Crippen LogP contribution in [0.25, 0.3) is 0 Å². The molecule has 1 aliphatic heterocycles. The maximum atomic E-state index is 5.75. The number of nitrogens with one attached hydrogen (secondary N) is 2. The number of benzene rings is 1. The molecule has 1 aromatic carbocycles. The average Bonchev–Trinajstić information content (AvgIpc) is 2.91. The van der Waals surface area contributed by atoms with Crippen molar-refractivity contribution in [1.82, 2.24) is 15.3 Å². The van der Waals surface area contributed by atoms with Gasteiger partial charge in [-0.15, -0.1) is 0 Å². The van der Waals surface area contributed by atoms with Crippen molar-refractivity contribution in [3.63, 3.8) is 0 Å². The van der Waals surface area contributed by atoms with Gasteiger partial charge in [0.2, 0.25) is 0 Å². The minimum Gasteiger partial charge on any atom is -0.490 e. The molecule has 1 aliphatic rings. The number of fused-ring (bicyclic) bond motifs is 1. The van der Waals surface area contributed by atoms with Crippen LogP contribution in [0.2, 0.25) is 0 Å². The quantitative estimate of drug-likeness (QED) is 0.887. The second-order valence-corrected chi connectivity index (χ2v) is 5.89. The zero-order chi connectivity index (χ0) is 14.7. The van der Waals surface area contributed by atoms with E-state index in [4.69, 9.17) is 9.47 Å². The van der Waals surface area contributed by atoms with Gasteiger partial charge in [-0.3, -0.25) is 0 Å². The molecule has 0 radical (unpaired) electrons. The molecule has 0 saturated carbocycles. The Hall–Kier alpha value is -1.53. The van der Waals surface area contributed by atoms with E-state index >= 15 is 0 Å². The van der Waals surface area contributed by atoms with E-state index in [0.29, 0.717) is 13.2 Å². The molecule has 6 heteroatoms. The smallest absolute Gasteiger partial charge is 0.175 e. The van der Waals surface area contributed by atoms with E-state index in [1.165, 1.54) is 0 Å². The van der Waals surface area contributed by atoms with Crippen LogP contribution < -0.4 is 14.8 Å². The Kier molecular flexibility index (Phi) is 4.45. The molecule has 0 amide bonds. The van der Waals surface area contributed by atoms with Gasteiger partial charge in [0.05, 0.1) is 23.7 Å². The monoisotopic (exact) mass is 351 g/mol. The molecule has 1 aromatic heterocycles. The first-order valence-electron chi connectivity index (χ1n) is 7.04. The first-order valence-corrected chi connectivity index (χ1v) is 7.84. The SMILES string of the molecule is CC(NCc1cc(Br)c2c(c1)OCCCO2)c1ncc[nH]1. The number of aromatic amines is 1. The van der Waals surface area contributed by atoms with E-state index in [0.717, 1.165) is 40.3 Å². The largest absolute Gasteiger partial charge is 0.490 e. The summed E-state index contributed by atoms with van der Waals surface area (Å²) < 4.78 is 12.4. The van der Waals surface area contributed by atoms with Crippen molar-refractivity contribution in [2.45, 2.75) is 25.9 Å². The van der Waals surface area contributed by atoms with Crippen molar-refractivity contribution in [2.75, 3.05) is 13.2 Å². The highest BCUT2D eigenvalue weighted by atomic mass is 79.9. The van der Waals surface area contributed by atoms with Crippen LogP contribution in [0.15, 0.2) is 29.0 Å². The van der Waals surface area contributed by atoms with E-state index in [9.17, 15) is 0 Å². The lowest BCUT2D eigenvalue weighted by Crippen LogP contribution is -2.19. The van der Waals surface area contributed by atoms with Crippen LogP contribution in [0.1, 0.15) is 30.8 Å². The summed E-state index contributed by atoms with van der Waals surface area (Å²) in [6.45, 7) is 4.20. The summed E-state index contributed by atoms with van der Waals surface area (Å²) in [5.74, 6) is 2.54. The molecule has 112 valence electrons. The van der Waals surface area contributed by atoms with E-state index in [1.807, 2.05) is 12.3 Å². The van der Waals surface area contributed by atoms with Gasteiger partial charge < -0.3 is 19.8 Å². The molecule has 0 saturated heterocycles. The Morgan fingerprint density at radius 1 is 1.38 bits per heavy atom. The Balaban J connectivity index is 1.71. The molecule has 2 aromatic rings. The maximum Gasteiger partial charge on any atom is 0.175 e. The van der Waals surface area contributed by atoms with Gasteiger partial charge in [0, 0.05) is 25.4 Å². The van der Waals surface area contributed by atoms with Gasteiger partial charge in [-0.1, -0.05) is 0 Å². The van der Waals surface area contributed by atoms with Gasteiger partial charge in [0.25, 0.3) is 0 Å². The molecular formula is C15H18BrN3O2. The van der Waals surface area contributed by atoms with Gasteiger partial charge in [-0.05, 0) is 40.5 Å². The van der Waals surface area contributed by atoms with Crippen molar-refractivity contribution in [3.8, 4) is 11.5 Å². The van der Waals surface area contributed by atoms with Crippen LogP contribution in [0.5, 0.6) is 11.5 Å². The zero-order valence-corrected chi connectivity index (χ0v) is 13.4. The Labute approximate surface area is 132 Å². The van der Waals surface area contributed by atoms with Crippen LogP contribution in [0, 0.1) is 0 Å². The number of hydrogen-bond acceptors (Lipinski definition) is 4. The third-order valence-electron chi connectivity index (χ3n) is 3.40. The summed E-state index contributed by atoms with van der Waals surface area (Å²) in [4.78, 5) is 7.37. The molecule has 3 rings (SSSR count). The number of imidazole rings is 1. The maximum absolute atomic E-state index is 5.75. The highest BCUT2D eigenvalue weighted by molar-refractivity contribution is 9.10. The number of rotatable bonds is 4. The first kappa shape index (κ1) is 14.4. The van der Waals surface area contributed by atoms with Crippen LogP contribution in [-0.4, -0.2) is 23.2 Å².